The molecule has 0 aromatic carbocycles. The summed E-state index contributed by atoms with van der Waals surface area (Å²) in [6.07, 6.45) is 2.04. The van der Waals surface area contributed by atoms with Crippen LogP contribution in [0.3, 0.4) is 0 Å². The quantitative estimate of drug-likeness (QED) is 0.611. The van der Waals surface area contributed by atoms with Gasteiger partial charge in [0.25, 0.3) is 0 Å². The molecule has 0 atom stereocenters. The van der Waals surface area contributed by atoms with E-state index in [1.54, 1.807) is 11.8 Å². The summed E-state index contributed by atoms with van der Waals surface area (Å²) in [6, 6.07) is 2.03. The zero-order valence-electron chi connectivity index (χ0n) is 9.16. The number of nitrogens with zero attached hydrogens (tertiary/aromatic N) is 2. The van der Waals surface area contributed by atoms with Crippen molar-refractivity contribution in [2.45, 2.75) is 31.3 Å². The molecule has 0 fully saturated rings. The molecule has 3 nitrogen and oxygen atoms in total. The predicted molar refractivity (Wildman–Crippen MR) is 60.7 cm³/mol. The molecule has 1 rings (SSSR count). The van der Waals surface area contributed by atoms with Crippen molar-refractivity contribution >= 4 is 11.8 Å². The average Bonchev–Trinajstić information content (AvgIpc) is 2.17. The molecule has 0 amide bonds. The van der Waals surface area contributed by atoms with Gasteiger partial charge in [-0.2, -0.15) is 0 Å². The van der Waals surface area contributed by atoms with E-state index in [1.807, 2.05) is 19.4 Å². The highest BCUT2D eigenvalue weighted by Gasteiger charge is 2.06. The largest absolute Gasteiger partial charge is 0.314 e. The minimum Gasteiger partial charge on any atom is -0.314 e. The van der Waals surface area contributed by atoms with E-state index in [1.165, 1.54) is 0 Å². The Morgan fingerprint density at radius 3 is 2.64 bits per heavy atom. The van der Waals surface area contributed by atoms with Crippen LogP contribution in [0.15, 0.2) is 11.1 Å². The molecule has 78 valence electrons. The molecule has 1 aromatic heterocycles. The van der Waals surface area contributed by atoms with Crippen molar-refractivity contribution in [3.05, 3.63) is 17.6 Å². The number of rotatable bonds is 4. The van der Waals surface area contributed by atoms with Gasteiger partial charge >= 0.3 is 0 Å². The maximum atomic E-state index is 4.48. The average molecular weight is 211 g/mol. The van der Waals surface area contributed by atoms with Crippen molar-refractivity contribution in [3.8, 4) is 0 Å². The van der Waals surface area contributed by atoms with Crippen molar-refractivity contribution in [2.24, 2.45) is 0 Å². The number of thioether (sulfide) groups is 1. The second kappa shape index (κ2) is 5.32. The van der Waals surface area contributed by atoms with E-state index >= 15 is 0 Å². The molecular weight excluding hydrogens is 194 g/mol. The SMILES string of the molecule is CNCc1cc(SC)nc(C(C)C)n1. The normalized spacial score (nSPS) is 10.9. The van der Waals surface area contributed by atoms with Gasteiger partial charge in [-0.25, -0.2) is 9.97 Å². The summed E-state index contributed by atoms with van der Waals surface area (Å²) < 4.78 is 0. The molecule has 0 aliphatic carbocycles. The molecular formula is C10H17N3S. The van der Waals surface area contributed by atoms with Crippen LogP contribution in [0.4, 0.5) is 0 Å². The van der Waals surface area contributed by atoms with Crippen LogP contribution in [-0.2, 0) is 6.54 Å². The monoisotopic (exact) mass is 211 g/mol. The first kappa shape index (κ1) is 11.5. The number of nitrogens with one attached hydrogen (secondary N) is 1. The van der Waals surface area contributed by atoms with Crippen LogP contribution in [-0.4, -0.2) is 23.3 Å². The summed E-state index contributed by atoms with van der Waals surface area (Å²) in [5.74, 6) is 1.32. The minimum atomic E-state index is 0.387. The van der Waals surface area contributed by atoms with E-state index in [-0.39, 0.29) is 0 Å². The lowest BCUT2D eigenvalue weighted by molar-refractivity contribution is 0.709. The van der Waals surface area contributed by atoms with Gasteiger partial charge in [0.15, 0.2) is 0 Å². The van der Waals surface area contributed by atoms with Gasteiger partial charge in [-0.05, 0) is 19.4 Å². The minimum absolute atomic E-state index is 0.387. The number of hydrogen-bond acceptors (Lipinski definition) is 4. The summed E-state index contributed by atoms with van der Waals surface area (Å²) in [5.41, 5.74) is 1.07. The Balaban J connectivity index is 3.00. The third-order valence-electron chi connectivity index (χ3n) is 1.86. The van der Waals surface area contributed by atoms with Gasteiger partial charge in [0.05, 0.1) is 10.7 Å². The molecule has 0 spiro atoms. The Kier molecular flexibility index (Phi) is 4.35. The topological polar surface area (TPSA) is 37.8 Å². The fourth-order valence-corrected chi connectivity index (χ4v) is 1.57. The van der Waals surface area contributed by atoms with Gasteiger partial charge < -0.3 is 5.32 Å². The third-order valence-corrected chi connectivity index (χ3v) is 2.48. The van der Waals surface area contributed by atoms with Crippen LogP contribution in [0.25, 0.3) is 0 Å². The van der Waals surface area contributed by atoms with Crippen LogP contribution in [0.1, 0.15) is 31.3 Å². The van der Waals surface area contributed by atoms with Crippen molar-refractivity contribution in [1.82, 2.24) is 15.3 Å². The lowest BCUT2D eigenvalue weighted by Gasteiger charge is -2.08. The van der Waals surface area contributed by atoms with Gasteiger partial charge in [-0.3, -0.25) is 0 Å². The fraction of sp³-hybridized carbons (Fsp3) is 0.600. The number of hydrogen-bond donors (Lipinski definition) is 1. The van der Waals surface area contributed by atoms with E-state index in [9.17, 15) is 0 Å². The standard InChI is InChI=1S/C10H17N3S/c1-7(2)10-12-8(6-11-3)5-9(13-10)14-4/h5,7,11H,6H2,1-4H3. The Morgan fingerprint density at radius 1 is 1.43 bits per heavy atom. The van der Waals surface area contributed by atoms with Crippen LogP contribution in [0.5, 0.6) is 0 Å². The fourth-order valence-electron chi connectivity index (χ4n) is 1.13. The Morgan fingerprint density at radius 2 is 2.14 bits per heavy atom. The molecule has 1 aromatic rings. The van der Waals surface area contributed by atoms with Crippen LogP contribution in [0.2, 0.25) is 0 Å². The zero-order chi connectivity index (χ0) is 10.6. The van der Waals surface area contributed by atoms with Crippen molar-refractivity contribution in [2.75, 3.05) is 13.3 Å². The van der Waals surface area contributed by atoms with E-state index in [0.717, 1.165) is 23.1 Å². The Hall–Kier alpha value is -0.610. The van der Waals surface area contributed by atoms with Gasteiger partial charge in [-0.15, -0.1) is 11.8 Å². The molecule has 0 unspecified atom stereocenters. The first-order chi connectivity index (χ1) is 6.67. The van der Waals surface area contributed by atoms with Crippen LogP contribution >= 0.6 is 11.8 Å². The van der Waals surface area contributed by atoms with Crippen molar-refractivity contribution in [1.29, 1.82) is 0 Å². The Labute approximate surface area is 89.7 Å². The number of aromatic nitrogens is 2. The highest BCUT2D eigenvalue weighted by molar-refractivity contribution is 7.98. The van der Waals surface area contributed by atoms with Crippen molar-refractivity contribution in [3.63, 3.8) is 0 Å². The van der Waals surface area contributed by atoms with Crippen LogP contribution in [0, 0.1) is 0 Å². The van der Waals surface area contributed by atoms with Gasteiger partial charge in [0, 0.05) is 12.5 Å². The lowest BCUT2D eigenvalue weighted by atomic mass is 10.2. The molecule has 0 radical (unpaired) electrons. The van der Waals surface area contributed by atoms with Gasteiger partial charge in [-0.1, -0.05) is 13.8 Å². The molecule has 14 heavy (non-hydrogen) atoms. The molecule has 0 saturated heterocycles. The second-order valence-corrected chi connectivity index (χ2v) is 4.27. The highest BCUT2D eigenvalue weighted by atomic mass is 32.2. The smallest absolute Gasteiger partial charge is 0.132 e. The lowest BCUT2D eigenvalue weighted by Crippen LogP contribution is -2.10. The second-order valence-electron chi connectivity index (χ2n) is 3.44. The van der Waals surface area contributed by atoms with E-state index in [4.69, 9.17) is 0 Å². The molecule has 0 aliphatic heterocycles. The molecule has 0 aliphatic rings. The maximum Gasteiger partial charge on any atom is 0.132 e. The molecule has 0 bridgehead atoms. The summed E-state index contributed by atoms with van der Waals surface area (Å²) >= 11 is 1.66. The highest BCUT2D eigenvalue weighted by Crippen LogP contribution is 2.16. The van der Waals surface area contributed by atoms with E-state index in [0.29, 0.717) is 5.92 Å². The zero-order valence-corrected chi connectivity index (χ0v) is 9.98. The van der Waals surface area contributed by atoms with Crippen molar-refractivity contribution < 1.29 is 0 Å². The molecule has 4 heteroatoms. The predicted octanol–water partition coefficient (Wildman–Crippen LogP) is 2.04. The summed E-state index contributed by atoms with van der Waals surface area (Å²) in [5, 5.41) is 4.15. The summed E-state index contributed by atoms with van der Waals surface area (Å²) in [6.45, 7) is 5.03. The van der Waals surface area contributed by atoms with E-state index in [2.05, 4.69) is 29.1 Å². The molecule has 1 heterocycles. The summed E-state index contributed by atoms with van der Waals surface area (Å²) in [4.78, 5) is 8.94. The molecule has 1 N–H and O–H groups in total. The molecule has 0 saturated carbocycles. The Bertz CT molecular complexity index is 299. The maximum absolute atomic E-state index is 4.48. The third kappa shape index (κ3) is 2.96. The van der Waals surface area contributed by atoms with Gasteiger partial charge in [0.2, 0.25) is 0 Å². The first-order valence-electron chi connectivity index (χ1n) is 4.73. The van der Waals surface area contributed by atoms with E-state index < -0.39 is 0 Å². The van der Waals surface area contributed by atoms with Crippen LogP contribution < -0.4 is 5.32 Å². The summed E-state index contributed by atoms with van der Waals surface area (Å²) in [7, 11) is 1.93. The first-order valence-corrected chi connectivity index (χ1v) is 5.96. The van der Waals surface area contributed by atoms with Gasteiger partial charge in [0.1, 0.15) is 5.82 Å².